The molecule has 5 heterocycles. The Hall–Kier alpha value is -4.99. The number of carbonyl (C=O) groups excluding carboxylic acids is 1. The highest BCUT2D eigenvalue weighted by Crippen LogP contribution is 2.32. The summed E-state index contributed by atoms with van der Waals surface area (Å²) in [7, 11) is 0. The summed E-state index contributed by atoms with van der Waals surface area (Å²) in [6, 6.07) is 11.8. The normalized spacial score (nSPS) is 11.3. The van der Waals surface area contributed by atoms with Gasteiger partial charge in [0.05, 0.1) is 28.5 Å². The smallest absolute Gasteiger partial charge is 0.224 e. The molecule has 10 heteroatoms. The molecule has 1 amide bonds. The van der Waals surface area contributed by atoms with Crippen molar-refractivity contribution in [2.24, 2.45) is 0 Å². The molecule has 0 aliphatic rings. The van der Waals surface area contributed by atoms with Crippen molar-refractivity contribution in [2.45, 2.75) is 26.2 Å². The van der Waals surface area contributed by atoms with E-state index >= 15 is 0 Å². The number of amides is 1. The van der Waals surface area contributed by atoms with Crippen molar-refractivity contribution in [2.75, 3.05) is 5.32 Å². The molecular weight excluding hydrogens is 483 g/mol. The lowest BCUT2D eigenvalue weighted by atomic mass is 10.1. The Kier molecular flexibility index (Phi) is 6.04. The lowest BCUT2D eigenvalue weighted by Gasteiger charge is -2.07. The first-order valence-electron chi connectivity index (χ1n) is 12.3. The quantitative estimate of drug-likeness (QED) is 0.248. The van der Waals surface area contributed by atoms with E-state index in [0.717, 1.165) is 40.4 Å². The minimum atomic E-state index is -0.311. The standard InChI is InChI=1S/C28H23FN8O/c1-2-3-4-23(38)33-20-11-17(13-30-15-20)18-12-21-25(36-37-27(21)32-14-18)28-34-22-9-10-31-24(26(22)35-28)16-5-7-19(29)8-6-16/h5-15H,2-4H2,1H3,(H,33,38)(H,34,35)(H,32,36,37). The number of nitrogens with one attached hydrogen (secondary N) is 3. The van der Waals surface area contributed by atoms with Gasteiger partial charge in [-0.05, 0) is 48.9 Å². The zero-order chi connectivity index (χ0) is 26.1. The predicted octanol–water partition coefficient (Wildman–Crippen LogP) is 5.89. The molecule has 0 fully saturated rings. The number of imidazole rings is 1. The highest BCUT2D eigenvalue weighted by molar-refractivity contribution is 5.96. The van der Waals surface area contributed by atoms with Crippen LogP contribution in [0, 0.1) is 5.82 Å². The van der Waals surface area contributed by atoms with Crippen molar-refractivity contribution < 1.29 is 9.18 Å². The van der Waals surface area contributed by atoms with E-state index in [1.54, 1.807) is 36.9 Å². The molecule has 5 aromatic heterocycles. The van der Waals surface area contributed by atoms with Crippen LogP contribution < -0.4 is 5.32 Å². The fourth-order valence-electron chi connectivity index (χ4n) is 4.34. The van der Waals surface area contributed by atoms with Crippen LogP contribution in [0.1, 0.15) is 26.2 Å². The van der Waals surface area contributed by atoms with E-state index in [4.69, 9.17) is 4.98 Å². The summed E-state index contributed by atoms with van der Waals surface area (Å²) in [6.45, 7) is 2.05. The number of nitrogens with zero attached hydrogens (tertiary/aromatic N) is 5. The Morgan fingerprint density at radius 3 is 2.66 bits per heavy atom. The first kappa shape index (κ1) is 23.4. The van der Waals surface area contributed by atoms with Gasteiger partial charge in [0.2, 0.25) is 5.91 Å². The Morgan fingerprint density at radius 1 is 0.974 bits per heavy atom. The number of carbonyl (C=O) groups is 1. The molecule has 0 aliphatic carbocycles. The molecule has 9 nitrogen and oxygen atoms in total. The molecule has 0 aliphatic heterocycles. The number of benzene rings is 1. The van der Waals surface area contributed by atoms with Crippen LogP contribution >= 0.6 is 0 Å². The van der Waals surface area contributed by atoms with E-state index in [0.29, 0.717) is 40.5 Å². The van der Waals surface area contributed by atoms with E-state index < -0.39 is 0 Å². The van der Waals surface area contributed by atoms with Crippen LogP contribution in [-0.4, -0.2) is 41.0 Å². The molecule has 6 rings (SSSR count). The summed E-state index contributed by atoms with van der Waals surface area (Å²) in [5.74, 6) is 0.210. The Bertz CT molecular complexity index is 1770. The Labute approximate surface area is 216 Å². The van der Waals surface area contributed by atoms with Gasteiger partial charge in [-0.3, -0.25) is 19.9 Å². The van der Waals surface area contributed by atoms with E-state index in [-0.39, 0.29) is 11.7 Å². The monoisotopic (exact) mass is 506 g/mol. The van der Waals surface area contributed by atoms with Gasteiger partial charge >= 0.3 is 0 Å². The molecule has 0 unspecified atom stereocenters. The number of H-pyrrole nitrogens is 2. The fourth-order valence-corrected chi connectivity index (χ4v) is 4.34. The van der Waals surface area contributed by atoms with Gasteiger partial charge in [0, 0.05) is 41.7 Å². The van der Waals surface area contributed by atoms with E-state index in [1.807, 2.05) is 18.2 Å². The molecule has 0 spiro atoms. The zero-order valence-corrected chi connectivity index (χ0v) is 20.5. The van der Waals surface area contributed by atoms with Crippen molar-refractivity contribution in [3.05, 3.63) is 73.1 Å². The number of rotatable bonds is 7. The molecule has 188 valence electrons. The molecule has 1 aromatic carbocycles. The number of hydrogen-bond acceptors (Lipinski definition) is 6. The van der Waals surface area contributed by atoms with Crippen LogP contribution in [0.2, 0.25) is 0 Å². The number of hydrogen-bond donors (Lipinski definition) is 3. The summed E-state index contributed by atoms with van der Waals surface area (Å²) in [5, 5.41) is 11.1. The number of fused-ring (bicyclic) bond motifs is 2. The summed E-state index contributed by atoms with van der Waals surface area (Å²) in [5.41, 5.74) is 6.33. The van der Waals surface area contributed by atoms with Gasteiger partial charge in [-0.25, -0.2) is 14.4 Å². The molecule has 38 heavy (non-hydrogen) atoms. The number of pyridine rings is 3. The van der Waals surface area contributed by atoms with E-state index in [9.17, 15) is 9.18 Å². The summed E-state index contributed by atoms with van der Waals surface area (Å²) >= 11 is 0. The summed E-state index contributed by atoms with van der Waals surface area (Å²) in [4.78, 5) is 33.6. The van der Waals surface area contributed by atoms with Gasteiger partial charge in [-0.1, -0.05) is 13.3 Å². The van der Waals surface area contributed by atoms with Crippen LogP contribution in [0.5, 0.6) is 0 Å². The van der Waals surface area contributed by atoms with Crippen LogP contribution in [0.4, 0.5) is 10.1 Å². The lowest BCUT2D eigenvalue weighted by Crippen LogP contribution is -2.11. The van der Waals surface area contributed by atoms with E-state index in [1.165, 1.54) is 12.1 Å². The Morgan fingerprint density at radius 2 is 1.82 bits per heavy atom. The molecule has 6 aromatic rings. The molecule has 3 N–H and O–H groups in total. The third-order valence-electron chi connectivity index (χ3n) is 6.27. The number of aromatic amines is 2. The second-order valence-corrected chi connectivity index (χ2v) is 8.95. The molecular formula is C28H23FN8O. The second kappa shape index (κ2) is 9.81. The van der Waals surface area contributed by atoms with Gasteiger partial charge in [0.1, 0.15) is 17.0 Å². The number of unbranched alkanes of at least 4 members (excludes halogenated alkanes) is 1. The first-order valence-corrected chi connectivity index (χ1v) is 12.3. The van der Waals surface area contributed by atoms with Crippen molar-refractivity contribution in [3.63, 3.8) is 0 Å². The maximum atomic E-state index is 13.5. The van der Waals surface area contributed by atoms with Gasteiger partial charge in [-0.15, -0.1) is 0 Å². The molecule has 0 atom stereocenters. The van der Waals surface area contributed by atoms with E-state index in [2.05, 4.69) is 42.4 Å². The largest absolute Gasteiger partial charge is 0.336 e. The molecule has 0 bridgehead atoms. The van der Waals surface area contributed by atoms with Crippen LogP contribution in [0.3, 0.4) is 0 Å². The number of aromatic nitrogens is 7. The third kappa shape index (κ3) is 4.47. The summed E-state index contributed by atoms with van der Waals surface area (Å²) < 4.78 is 13.5. The minimum absolute atomic E-state index is 0.0316. The van der Waals surface area contributed by atoms with Gasteiger partial charge < -0.3 is 10.3 Å². The van der Waals surface area contributed by atoms with Gasteiger partial charge in [0.25, 0.3) is 0 Å². The molecule has 0 saturated heterocycles. The van der Waals surface area contributed by atoms with Crippen LogP contribution in [0.15, 0.2) is 67.3 Å². The fraction of sp³-hybridized carbons (Fsp3) is 0.143. The topological polar surface area (TPSA) is 125 Å². The van der Waals surface area contributed by atoms with Crippen molar-refractivity contribution in [1.29, 1.82) is 0 Å². The first-order chi connectivity index (χ1) is 18.6. The number of anilines is 1. The molecule has 0 saturated carbocycles. The maximum absolute atomic E-state index is 13.5. The lowest BCUT2D eigenvalue weighted by molar-refractivity contribution is -0.116. The van der Waals surface area contributed by atoms with Crippen molar-refractivity contribution >= 4 is 33.7 Å². The van der Waals surface area contributed by atoms with Crippen LogP contribution in [0.25, 0.3) is 56.0 Å². The zero-order valence-electron chi connectivity index (χ0n) is 20.5. The average molecular weight is 507 g/mol. The summed E-state index contributed by atoms with van der Waals surface area (Å²) in [6.07, 6.45) is 9.05. The minimum Gasteiger partial charge on any atom is -0.336 e. The maximum Gasteiger partial charge on any atom is 0.224 e. The second-order valence-electron chi connectivity index (χ2n) is 8.95. The van der Waals surface area contributed by atoms with Crippen molar-refractivity contribution in [3.8, 4) is 33.9 Å². The number of halogens is 1. The molecule has 0 radical (unpaired) electrons. The van der Waals surface area contributed by atoms with Crippen molar-refractivity contribution in [1.82, 2.24) is 35.1 Å². The third-order valence-corrected chi connectivity index (χ3v) is 6.27. The highest BCUT2D eigenvalue weighted by Gasteiger charge is 2.17. The Balaban J connectivity index is 1.37. The predicted molar refractivity (Wildman–Crippen MR) is 144 cm³/mol. The van der Waals surface area contributed by atoms with Gasteiger partial charge in [-0.2, -0.15) is 5.10 Å². The highest BCUT2D eigenvalue weighted by atomic mass is 19.1. The average Bonchev–Trinajstić information content (AvgIpc) is 3.56. The SMILES string of the molecule is CCCCC(=O)Nc1cncc(-c2cnc3[nH]nc(-c4nc5c(-c6ccc(F)cc6)nccc5[nH]4)c3c2)c1. The van der Waals surface area contributed by atoms with Gasteiger partial charge in [0.15, 0.2) is 11.5 Å². The van der Waals surface area contributed by atoms with Crippen LogP contribution in [-0.2, 0) is 4.79 Å².